The summed E-state index contributed by atoms with van der Waals surface area (Å²) >= 11 is 0. The number of aromatic nitrogens is 3. The first-order valence-corrected chi connectivity index (χ1v) is 10.7. The van der Waals surface area contributed by atoms with E-state index >= 15 is 0 Å². The lowest BCUT2D eigenvalue weighted by molar-refractivity contribution is -0.154. The molecule has 0 aliphatic rings. The third kappa shape index (κ3) is 6.69. The third-order valence-corrected chi connectivity index (χ3v) is 4.69. The zero-order valence-electron chi connectivity index (χ0n) is 19.1. The molecule has 0 radical (unpaired) electrons. The summed E-state index contributed by atoms with van der Waals surface area (Å²) < 4.78 is 48.4. The van der Waals surface area contributed by atoms with Gasteiger partial charge in [-0.2, -0.15) is 33.2 Å². The molecular weight excluding hydrogens is 473 g/mol. The number of methoxy groups -OCH3 is 1. The van der Waals surface area contributed by atoms with Crippen LogP contribution in [0.3, 0.4) is 0 Å². The molecule has 184 valence electrons. The minimum atomic E-state index is -4.56. The summed E-state index contributed by atoms with van der Waals surface area (Å²) in [6.07, 6.45) is -3.06. The van der Waals surface area contributed by atoms with Crippen LogP contribution in [-0.2, 0) is 0 Å². The Kier molecular flexibility index (Phi) is 7.59. The van der Waals surface area contributed by atoms with Gasteiger partial charge in [0.2, 0.25) is 5.95 Å². The molecule has 0 aliphatic heterocycles. The summed E-state index contributed by atoms with van der Waals surface area (Å²) in [5, 5.41) is 4.10. The zero-order chi connectivity index (χ0) is 25.4. The van der Waals surface area contributed by atoms with Gasteiger partial charge in [-0.1, -0.05) is 36.4 Å². The van der Waals surface area contributed by atoms with Gasteiger partial charge in [0, 0.05) is 11.4 Å². The van der Waals surface area contributed by atoms with Gasteiger partial charge in [0.25, 0.3) is 5.95 Å². The number of hydrogen-bond donors (Lipinski definition) is 1. The van der Waals surface area contributed by atoms with Gasteiger partial charge in [-0.3, -0.25) is 4.90 Å². The van der Waals surface area contributed by atoms with Crippen LogP contribution in [0.5, 0.6) is 11.8 Å². The Morgan fingerprint density at radius 1 is 0.861 bits per heavy atom. The molecule has 4 aromatic rings. The SMILES string of the molecule is COc1ccc(/C=N\Nc2nc(OCC(F)(F)F)nc(N(c3ccccc3)c3ccccc3)n2)cc1. The molecule has 3 aromatic carbocycles. The Bertz CT molecular complexity index is 1250. The Morgan fingerprint density at radius 3 is 2.03 bits per heavy atom. The molecule has 0 aliphatic carbocycles. The van der Waals surface area contributed by atoms with Crippen LogP contribution in [0.1, 0.15) is 5.56 Å². The van der Waals surface area contributed by atoms with Crippen molar-refractivity contribution in [1.82, 2.24) is 15.0 Å². The van der Waals surface area contributed by atoms with Crippen LogP contribution in [0.4, 0.5) is 36.4 Å². The van der Waals surface area contributed by atoms with Crippen molar-refractivity contribution in [3.05, 3.63) is 90.5 Å². The number of hydrazone groups is 1. The number of anilines is 4. The third-order valence-electron chi connectivity index (χ3n) is 4.69. The van der Waals surface area contributed by atoms with Crippen molar-refractivity contribution in [1.29, 1.82) is 0 Å². The van der Waals surface area contributed by atoms with Crippen LogP contribution in [-0.4, -0.2) is 41.1 Å². The van der Waals surface area contributed by atoms with Gasteiger partial charge < -0.3 is 9.47 Å². The van der Waals surface area contributed by atoms with Crippen molar-refractivity contribution in [3.8, 4) is 11.8 Å². The second-order valence-electron chi connectivity index (χ2n) is 7.30. The number of hydrogen-bond acceptors (Lipinski definition) is 8. The summed E-state index contributed by atoms with van der Waals surface area (Å²) in [7, 11) is 1.57. The van der Waals surface area contributed by atoms with Crippen molar-refractivity contribution < 1.29 is 22.6 Å². The number of ether oxygens (including phenoxy) is 2. The van der Waals surface area contributed by atoms with Gasteiger partial charge in [0.15, 0.2) is 6.61 Å². The average molecular weight is 494 g/mol. The molecular formula is C25H21F3N6O2. The minimum absolute atomic E-state index is 0.0433. The van der Waals surface area contributed by atoms with Crippen LogP contribution < -0.4 is 19.8 Å². The van der Waals surface area contributed by atoms with Crippen molar-refractivity contribution >= 4 is 29.5 Å². The van der Waals surface area contributed by atoms with E-state index in [-0.39, 0.29) is 11.9 Å². The quantitative estimate of drug-likeness (QED) is 0.235. The molecule has 0 fully saturated rings. The lowest BCUT2D eigenvalue weighted by atomic mass is 10.2. The predicted octanol–water partition coefficient (Wildman–Crippen LogP) is 5.74. The maximum Gasteiger partial charge on any atom is 0.422 e. The molecule has 11 heteroatoms. The largest absolute Gasteiger partial charge is 0.497 e. The van der Waals surface area contributed by atoms with Gasteiger partial charge in [-0.15, -0.1) is 0 Å². The molecule has 0 bridgehead atoms. The maximum atomic E-state index is 12.8. The fraction of sp³-hybridized carbons (Fsp3) is 0.120. The van der Waals surface area contributed by atoms with E-state index in [4.69, 9.17) is 9.47 Å². The highest BCUT2D eigenvalue weighted by atomic mass is 19.4. The number of nitrogens with zero attached hydrogens (tertiary/aromatic N) is 5. The molecule has 0 amide bonds. The Hall–Kier alpha value is -4.67. The van der Waals surface area contributed by atoms with E-state index in [1.165, 1.54) is 6.21 Å². The molecule has 0 unspecified atom stereocenters. The smallest absolute Gasteiger partial charge is 0.422 e. The van der Waals surface area contributed by atoms with E-state index in [9.17, 15) is 13.2 Å². The average Bonchev–Trinajstić information content (AvgIpc) is 2.89. The Labute approximate surface area is 205 Å². The number of halogens is 3. The van der Waals surface area contributed by atoms with Gasteiger partial charge in [-0.05, 0) is 54.1 Å². The molecule has 1 aromatic heterocycles. The molecule has 1 heterocycles. The van der Waals surface area contributed by atoms with Crippen LogP contribution in [0, 0.1) is 0 Å². The van der Waals surface area contributed by atoms with E-state index in [1.807, 2.05) is 60.7 Å². The fourth-order valence-corrected chi connectivity index (χ4v) is 3.10. The van der Waals surface area contributed by atoms with Crippen LogP contribution in [0.15, 0.2) is 90.0 Å². The molecule has 1 N–H and O–H groups in total. The minimum Gasteiger partial charge on any atom is -0.497 e. The monoisotopic (exact) mass is 494 g/mol. The summed E-state index contributed by atoms with van der Waals surface area (Å²) in [6.45, 7) is -1.55. The highest BCUT2D eigenvalue weighted by Gasteiger charge is 2.29. The van der Waals surface area contributed by atoms with E-state index < -0.39 is 18.8 Å². The molecule has 0 saturated carbocycles. The van der Waals surface area contributed by atoms with Crippen molar-refractivity contribution in [2.45, 2.75) is 6.18 Å². The first-order valence-electron chi connectivity index (χ1n) is 10.7. The van der Waals surface area contributed by atoms with Crippen LogP contribution in [0.25, 0.3) is 0 Å². The second kappa shape index (κ2) is 11.2. The van der Waals surface area contributed by atoms with Crippen molar-refractivity contribution in [3.63, 3.8) is 0 Å². The number of para-hydroxylation sites is 2. The first-order chi connectivity index (χ1) is 17.4. The molecule has 0 saturated heterocycles. The Balaban J connectivity index is 1.69. The van der Waals surface area contributed by atoms with Crippen LogP contribution in [0.2, 0.25) is 0 Å². The molecule has 4 rings (SSSR count). The van der Waals surface area contributed by atoms with E-state index in [0.717, 1.165) is 5.56 Å². The number of nitrogens with one attached hydrogen (secondary N) is 1. The number of rotatable bonds is 9. The topological polar surface area (TPSA) is 84.8 Å². The molecule has 36 heavy (non-hydrogen) atoms. The van der Waals surface area contributed by atoms with E-state index in [1.54, 1.807) is 36.3 Å². The van der Waals surface area contributed by atoms with Gasteiger partial charge in [0.1, 0.15) is 5.75 Å². The standard InChI is InChI=1S/C25H21F3N6O2/c1-35-21-14-12-18(13-15-21)16-29-33-22-30-23(32-24(31-22)36-17-25(26,27)28)34(19-8-4-2-5-9-19)20-10-6-3-7-11-20/h2-16H,17H2,1H3,(H,30,31,32,33)/b29-16-. The van der Waals surface area contributed by atoms with Crippen molar-refractivity contribution in [2.24, 2.45) is 5.10 Å². The van der Waals surface area contributed by atoms with Crippen molar-refractivity contribution in [2.75, 3.05) is 24.0 Å². The summed E-state index contributed by atoms with van der Waals surface area (Å²) in [6, 6.07) is 24.9. The zero-order valence-corrected chi connectivity index (χ0v) is 19.1. The van der Waals surface area contributed by atoms with E-state index in [2.05, 4.69) is 25.5 Å². The highest BCUT2D eigenvalue weighted by Crippen LogP contribution is 2.33. The van der Waals surface area contributed by atoms with Gasteiger partial charge in [0.05, 0.1) is 13.3 Å². The lowest BCUT2D eigenvalue weighted by Crippen LogP contribution is -2.21. The molecule has 0 atom stereocenters. The fourth-order valence-electron chi connectivity index (χ4n) is 3.10. The first kappa shape index (κ1) is 24.5. The lowest BCUT2D eigenvalue weighted by Gasteiger charge is -2.23. The highest BCUT2D eigenvalue weighted by molar-refractivity contribution is 5.80. The number of benzene rings is 3. The number of alkyl halides is 3. The molecule has 8 nitrogen and oxygen atoms in total. The predicted molar refractivity (Wildman–Crippen MR) is 130 cm³/mol. The normalized spacial score (nSPS) is 11.3. The Morgan fingerprint density at radius 2 is 1.47 bits per heavy atom. The summed E-state index contributed by atoms with van der Waals surface area (Å²) in [5.41, 5.74) is 4.77. The van der Waals surface area contributed by atoms with Gasteiger partial charge in [-0.25, -0.2) is 5.43 Å². The summed E-state index contributed by atoms with van der Waals surface area (Å²) in [4.78, 5) is 14.2. The molecule has 0 spiro atoms. The maximum absolute atomic E-state index is 12.8. The second-order valence-corrected chi connectivity index (χ2v) is 7.30. The van der Waals surface area contributed by atoms with Gasteiger partial charge >= 0.3 is 12.2 Å². The van der Waals surface area contributed by atoms with E-state index in [0.29, 0.717) is 17.1 Å². The summed E-state index contributed by atoms with van der Waals surface area (Å²) in [5.74, 6) is 0.635. The van der Waals surface area contributed by atoms with Crippen LogP contribution >= 0.6 is 0 Å².